The Hall–Kier alpha value is -0.0800. The molecular weight excluding hydrogens is 160 g/mol. The molecule has 13 heavy (non-hydrogen) atoms. The van der Waals surface area contributed by atoms with Gasteiger partial charge in [0, 0.05) is 18.6 Å². The second-order valence-corrected chi connectivity index (χ2v) is 4.77. The Morgan fingerprint density at radius 3 is 2.54 bits per heavy atom. The summed E-state index contributed by atoms with van der Waals surface area (Å²) in [6.45, 7) is 7.65. The van der Waals surface area contributed by atoms with Crippen LogP contribution in [0.2, 0.25) is 0 Å². The average Bonchev–Trinajstić information content (AvgIpc) is 2.11. The molecular formula is C11H24N2. The van der Waals surface area contributed by atoms with Gasteiger partial charge in [-0.3, -0.25) is 0 Å². The second-order valence-electron chi connectivity index (χ2n) is 4.77. The van der Waals surface area contributed by atoms with Crippen LogP contribution < -0.4 is 11.1 Å². The quantitative estimate of drug-likeness (QED) is 0.701. The summed E-state index contributed by atoms with van der Waals surface area (Å²) < 4.78 is 0. The van der Waals surface area contributed by atoms with Crippen LogP contribution in [-0.4, -0.2) is 18.6 Å². The van der Waals surface area contributed by atoms with Crippen molar-refractivity contribution in [2.45, 2.75) is 52.1 Å². The van der Waals surface area contributed by atoms with Crippen LogP contribution in [0.25, 0.3) is 0 Å². The van der Waals surface area contributed by atoms with Crippen molar-refractivity contribution in [1.82, 2.24) is 5.32 Å². The van der Waals surface area contributed by atoms with Gasteiger partial charge in [0.05, 0.1) is 0 Å². The molecule has 3 N–H and O–H groups in total. The molecule has 0 aromatic carbocycles. The van der Waals surface area contributed by atoms with E-state index < -0.39 is 0 Å². The van der Waals surface area contributed by atoms with Crippen LogP contribution in [0.5, 0.6) is 0 Å². The van der Waals surface area contributed by atoms with Gasteiger partial charge in [-0.1, -0.05) is 13.8 Å². The number of nitrogens with two attached hydrogens (primary N) is 1. The third-order valence-corrected chi connectivity index (χ3v) is 3.47. The molecule has 4 unspecified atom stereocenters. The molecule has 1 aliphatic carbocycles. The van der Waals surface area contributed by atoms with Crippen molar-refractivity contribution in [1.29, 1.82) is 0 Å². The zero-order chi connectivity index (χ0) is 9.84. The molecule has 1 fully saturated rings. The predicted octanol–water partition coefficient (Wildman–Crippen LogP) is 1.75. The standard InChI is InChI=1S/C11H24N2/c1-8-4-5-11(6-9(8)2)13-10(3)7-12/h8-11,13H,4-7,12H2,1-3H3. The monoisotopic (exact) mass is 184 g/mol. The highest BCUT2D eigenvalue weighted by Crippen LogP contribution is 2.29. The number of nitrogens with one attached hydrogen (secondary N) is 1. The fourth-order valence-electron chi connectivity index (χ4n) is 2.17. The minimum atomic E-state index is 0.477. The number of hydrogen-bond acceptors (Lipinski definition) is 2. The van der Waals surface area contributed by atoms with Crippen LogP contribution in [0.15, 0.2) is 0 Å². The zero-order valence-electron chi connectivity index (χ0n) is 9.22. The van der Waals surface area contributed by atoms with Crippen LogP contribution >= 0.6 is 0 Å². The topological polar surface area (TPSA) is 38.0 Å². The van der Waals surface area contributed by atoms with Gasteiger partial charge in [-0.05, 0) is 38.0 Å². The van der Waals surface area contributed by atoms with E-state index in [-0.39, 0.29) is 0 Å². The van der Waals surface area contributed by atoms with E-state index in [2.05, 4.69) is 26.1 Å². The number of rotatable bonds is 3. The molecule has 0 heterocycles. The molecule has 0 spiro atoms. The van der Waals surface area contributed by atoms with Crippen molar-refractivity contribution in [3.63, 3.8) is 0 Å². The summed E-state index contributed by atoms with van der Waals surface area (Å²) in [5.74, 6) is 1.78. The van der Waals surface area contributed by atoms with Gasteiger partial charge in [0.25, 0.3) is 0 Å². The lowest BCUT2D eigenvalue weighted by molar-refractivity contribution is 0.218. The summed E-state index contributed by atoms with van der Waals surface area (Å²) in [4.78, 5) is 0. The smallest absolute Gasteiger partial charge is 0.0164 e. The highest BCUT2D eigenvalue weighted by atomic mass is 15.0. The van der Waals surface area contributed by atoms with Crippen molar-refractivity contribution in [3.8, 4) is 0 Å². The Kier molecular flexibility index (Phi) is 4.20. The van der Waals surface area contributed by atoms with E-state index in [1.165, 1.54) is 19.3 Å². The first kappa shape index (κ1) is 11.0. The fourth-order valence-corrected chi connectivity index (χ4v) is 2.17. The Labute approximate surface area is 82.3 Å². The second kappa shape index (κ2) is 4.97. The van der Waals surface area contributed by atoms with Gasteiger partial charge in [0.1, 0.15) is 0 Å². The molecule has 78 valence electrons. The van der Waals surface area contributed by atoms with Crippen molar-refractivity contribution >= 4 is 0 Å². The summed E-state index contributed by atoms with van der Waals surface area (Å²) >= 11 is 0. The lowest BCUT2D eigenvalue weighted by Crippen LogP contribution is -2.44. The maximum absolute atomic E-state index is 5.59. The molecule has 2 nitrogen and oxygen atoms in total. The molecule has 0 amide bonds. The first-order chi connectivity index (χ1) is 6.13. The minimum Gasteiger partial charge on any atom is -0.329 e. The van der Waals surface area contributed by atoms with Gasteiger partial charge < -0.3 is 11.1 Å². The molecule has 0 saturated heterocycles. The van der Waals surface area contributed by atoms with Crippen LogP contribution in [-0.2, 0) is 0 Å². The van der Waals surface area contributed by atoms with Gasteiger partial charge in [0.2, 0.25) is 0 Å². The molecule has 1 saturated carbocycles. The fraction of sp³-hybridized carbons (Fsp3) is 1.00. The maximum atomic E-state index is 5.59. The van der Waals surface area contributed by atoms with E-state index >= 15 is 0 Å². The average molecular weight is 184 g/mol. The molecule has 0 bridgehead atoms. The van der Waals surface area contributed by atoms with E-state index in [9.17, 15) is 0 Å². The van der Waals surface area contributed by atoms with Gasteiger partial charge in [0.15, 0.2) is 0 Å². The van der Waals surface area contributed by atoms with Gasteiger partial charge in [-0.15, -0.1) is 0 Å². The summed E-state index contributed by atoms with van der Waals surface area (Å²) in [5.41, 5.74) is 5.59. The molecule has 4 atom stereocenters. The first-order valence-corrected chi connectivity index (χ1v) is 5.59. The third kappa shape index (κ3) is 3.28. The van der Waals surface area contributed by atoms with E-state index in [1.807, 2.05) is 0 Å². The van der Waals surface area contributed by atoms with E-state index in [1.54, 1.807) is 0 Å². The molecule has 0 radical (unpaired) electrons. The van der Waals surface area contributed by atoms with Gasteiger partial charge in [-0.25, -0.2) is 0 Å². The highest BCUT2D eigenvalue weighted by Gasteiger charge is 2.24. The first-order valence-electron chi connectivity index (χ1n) is 5.59. The molecule has 0 aromatic heterocycles. The van der Waals surface area contributed by atoms with Crippen molar-refractivity contribution in [2.75, 3.05) is 6.54 Å². The lowest BCUT2D eigenvalue weighted by atomic mass is 9.79. The minimum absolute atomic E-state index is 0.477. The Morgan fingerprint density at radius 1 is 1.31 bits per heavy atom. The summed E-state index contributed by atoms with van der Waals surface area (Å²) in [6.07, 6.45) is 4.03. The predicted molar refractivity (Wildman–Crippen MR) is 57.6 cm³/mol. The Bertz CT molecular complexity index is 145. The van der Waals surface area contributed by atoms with Crippen molar-refractivity contribution in [3.05, 3.63) is 0 Å². The third-order valence-electron chi connectivity index (χ3n) is 3.47. The van der Waals surface area contributed by atoms with Crippen LogP contribution in [0, 0.1) is 11.8 Å². The molecule has 0 aromatic rings. The Balaban J connectivity index is 2.29. The van der Waals surface area contributed by atoms with Crippen LogP contribution in [0.1, 0.15) is 40.0 Å². The number of hydrogen-bond donors (Lipinski definition) is 2. The van der Waals surface area contributed by atoms with E-state index in [0.717, 1.165) is 18.4 Å². The molecule has 1 aliphatic rings. The molecule has 0 aliphatic heterocycles. The maximum Gasteiger partial charge on any atom is 0.0164 e. The van der Waals surface area contributed by atoms with E-state index in [0.29, 0.717) is 12.1 Å². The van der Waals surface area contributed by atoms with Crippen LogP contribution in [0.3, 0.4) is 0 Å². The van der Waals surface area contributed by atoms with Gasteiger partial charge >= 0.3 is 0 Å². The van der Waals surface area contributed by atoms with Crippen LogP contribution in [0.4, 0.5) is 0 Å². The summed E-state index contributed by atoms with van der Waals surface area (Å²) in [6, 6.07) is 1.19. The lowest BCUT2D eigenvalue weighted by Gasteiger charge is -2.34. The highest BCUT2D eigenvalue weighted by molar-refractivity contribution is 4.81. The molecule has 1 rings (SSSR count). The zero-order valence-corrected chi connectivity index (χ0v) is 9.22. The van der Waals surface area contributed by atoms with Crippen molar-refractivity contribution in [2.24, 2.45) is 17.6 Å². The largest absolute Gasteiger partial charge is 0.329 e. The summed E-state index contributed by atoms with van der Waals surface area (Å²) in [7, 11) is 0. The SMILES string of the molecule is CC(CN)NC1CCC(C)C(C)C1. The molecule has 2 heteroatoms. The van der Waals surface area contributed by atoms with Crippen molar-refractivity contribution < 1.29 is 0 Å². The Morgan fingerprint density at radius 2 is 2.00 bits per heavy atom. The normalized spacial score (nSPS) is 37.4. The van der Waals surface area contributed by atoms with Gasteiger partial charge in [-0.2, -0.15) is 0 Å². The summed E-state index contributed by atoms with van der Waals surface area (Å²) in [5, 5.41) is 3.59. The van der Waals surface area contributed by atoms with E-state index in [4.69, 9.17) is 5.73 Å².